The number of rotatable bonds is 2. The van der Waals surface area contributed by atoms with Crippen LogP contribution in [0.25, 0.3) is 0 Å². The lowest BCUT2D eigenvalue weighted by Crippen LogP contribution is -3.10. The molecule has 2 unspecified atom stereocenters. The van der Waals surface area contributed by atoms with Gasteiger partial charge in [-0.1, -0.05) is 5.57 Å². The summed E-state index contributed by atoms with van der Waals surface area (Å²) in [4.78, 5) is 11.6. The quantitative estimate of drug-likeness (QED) is 0.350. The minimum Gasteiger partial charge on any atom is -0.436 e. The number of ether oxygens (including phenoxy) is 1. The fourth-order valence-electron chi connectivity index (χ4n) is 4.45. The largest absolute Gasteiger partial charge is 0.436 e. The van der Waals surface area contributed by atoms with E-state index in [9.17, 15) is 71.4 Å². The van der Waals surface area contributed by atoms with Crippen molar-refractivity contribution in [3.8, 4) is 0 Å². The van der Waals surface area contributed by atoms with Gasteiger partial charge in [-0.15, -0.1) is 0 Å². The maximum Gasteiger partial charge on any atom is 0.344 e. The molecule has 4 bridgehead atoms. The maximum atomic E-state index is 14.8. The molecule has 0 aliphatic heterocycles. The molecule has 2 atom stereocenters. The summed E-state index contributed by atoms with van der Waals surface area (Å²) in [7, 11) is 0. The molecule has 3 nitrogen and oxygen atoms in total. The van der Waals surface area contributed by atoms with Crippen molar-refractivity contribution in [1.82, 2.24) is 0 Å². The van der Waals surface area contributed by atoms with E-state index in [0.29, 0.717) is 0 Å². The average Bonchev–Trinajstić information content (AvgIpc) is 2.58. The highest BCUT2D eigenvalue weighted by molar-refractivity contribution is 5.83. The molecule has 4 fully saturated rings. The highest BCUT2D eigenvalue weighted by atomic mass is 19.3. The molecule has 4 aliphatic rings. The standard InChI is InChI=1S/C15H8F14O3/c1-4(2)3-5(30)32-9-13(24,25)6(16)10(18,19)7(17,14(9,26)27)12(22,23)8(31,11(6,20)21)15(9,28)29/h3,31H,1-2H3. The zero-order valence-electron chi connectivity index (χ0n) is 15.1. The van der Waals surface area contributed by atoms with Crippen LogP contribution >= 0.6 is 0 Å². The van der Waals surface area contributed by atoms with Gasteiger partial charge in [0.15, 0.2) is 0 Å². The first kappa shape index (κ1) is 24.8. The Hall–Kier alpha value is -1.81. The molecular formula is C15H8F14O3. The van der Waals surface area contributed by atoms with E-state index in [-0.39, 0.29) is 6.08 Å². The predicted molar refractivity (Wildman–Crippen MR) is 70.6 cm³/mol. The molecular weight excluding hydrogens is 494 g/mol. The van der Waals surface area contributed by atoms with Crippen LogP contribution in [0.3, 0.4) is 0 Å². The molecule has 4 saturated carbocycles. The van der Waals surface area contributed by atoms with E-state index in [1.807, 2.05) is 0 Å². The number of aliphatic hydroxyl groups is 1. The second-order valence-corrected chi connectivity index (χ2v) is 7.80. The van der Waals surface area contributed by atoms with Gasteiger partial charge in [0.05, 0.1) is 0 Å². The van der Waals surface area contributed by atoms with E-state index in [1.54, 1.807) is 0 Å². The summed E-state index contributed by atoms with van der Waals surface area (Å²) in [5, 5.41) is 9.44. The number of carbonyl (C=O) groups excluding carboxylic acids is 1. The van der Waals surface area contributed by atoms with Crippen LogP contribution in [0.2, 0.25) is 0 Å². The minimum absolute atomic E-state index is 0.199. The second-order valence-electron chi connectivity index (χ2n) is 7.80. The molecule has 0 radical (unpaired) electrons. The number of alkyl halides is 14. The normalized spacial score (nSPS) is 45.3. The van der Waals surface area contributed by atoms with Crippen molar-refractivity contribution in [3.63, 3.8) is 0 Å². The van der Waals surface area contributed by atoms with Crippen LogP contribution in [0.5, 0.6) is 0 Å². The summed E-state index contributed by atoms with van der Waals surface area (Å²) < 4.78 is 207. The summed E-state index contributed by atoms with van der Waals surface area (Å²) in [6, 6.07) is 0. The number of halogens is 14. The van der Waals surface area contributed by atoms with E-state index in [2.05, 4.69) is 4.74 Å². The van der Waals surface area contributed by atoms with Crippen LogP contribution < -0.4 is 0 Å². The molecule has 4 aliphatic carbocycles. The van der Waals surface area contributed by atoms with Gasteiger partial charge in [0.25, 0.3) is 5.60 Å². The van der Waals surface area contributed by atoms with Gasteiger partial charge in [0, 0.05) is 6.08 Å². The second kappa shape index (κ2) is 5.29. The molecule has 32 heavy (non-hydrogen) atoms. The van der Waals surface area contributed by atoms with E-state index in [4.69, 9.17) is 0 Å². The fourth-order valence-corrected chi connectivity index (χ4v) is 4.45. The third-order valence-corrected chi connectivity index (χ3v) is 5.95. The molecule has 0 heterocycles. The number of carbonyl (C=O) groups is 1. The van der Waals surface area contributed by atoms with Crippen LogP contribution in [0.1, 0.15) is 13.8 Å². The summed E-state index contributed by atoms with van der Waals surface area (Å²) in [5.74, 6) is -48.8. The van der Waals surface area contributed by atoms with E-state index in [0.717, 1.165) is 13.8 Å². The molecule has 184 valence electrons. The number of hydrogen-bond donors (Lipinski definition) is 1. The van der Waals surface area contributed by atoms with Gasteiger partial charge in [0.1, 0.15) is 0 Å². The zero-order valence-corrected chi connectivity index (χ0v) is 15.1. The third kappa shape index (κ3) is 1.57. The summed E-state index contributed by atoms with van der Waals surface area (Å²) >= 11 is 0. The molecule has 4 rings (SSSR count). The fraction of sp³-hybridized carbons (Fsp3) is 0.800. The highest BCUT2D eigenvalue weighted by Gasteiger charge is 3.23. The number of esters is 1. The van der Waals surface area contributed by atoms with Gasteiger partial charge in [-0.25, -0.2) is 13.6 Å². The molecule has 0 aromatic heterocycles. The lowest BCUT2D eigenvalue weighted by molar-refractivity contribution is -0.623. The van der Waals surface area contributed by atoms with Crippen molar-refractivity contribution < 1.29 is 76.1 Å². The van der Waals surface area contributed by atoms with Crippen molar-refractivity contribution >= 4 is 5.97 Å². The predicted octanol–water partition coefficient (Wildman–Crippen LogP) is 4.23. The monoisotopic (exact) mass is 502 g/mol. The first-order valence-electron chi connectivity index (χ1n) is 8.06. The Balaban J connectivity index is 2.64. The molecule has 0 saturated heterocycles. The first-order valence-corrected chi connectivity index (χ1v) is 8.06. The summed E-state index contributed by atoms with van der Waals surface area (Å²) in [6.07, 6.45) is -0.199. The van der Waals surface area contributed by atoms with Crippen LogP contribution in [0, 0.1) is 0 Å². The lowest BCUT2D eigenvalue weighted by Gasteiger charge is -2.74. The Labute approximate surface area is 167 Å². The van der Waals surface area contributed by atoms with Crippen LogP contribution in [0.15, 0.2) is 11.6 Å². The summed E-state index contributed by atoms with van der Waals surface area (Å²) in [6.45, 7) is 1.71. The minimum atomic E-state index is -7.82. The SMILES string of the molecule is CC(C)=CC(=O)OC12C(F)(F)C3(O)C(F)(F)C(F)(C(F)(F)C(F)(C3(F)F)C1(F)F)C2(F)F. The number of hydrogen-bond acceptors (Lipinski definition) is 3. The average molecular weight is 502 g/mol. The van der Waals surface area contributed by atoms with Gasteiger partial charge in [-0.2, -0.15) is 52.7 Å². The molecule has 0 aromatic rings. The van der Waals surface area contributed by atoms with E-state index in [1.165, 1.54) is 0 Å². The van der Waals surface area contributed by atoms with Crippen LogP contribution in [-0.4, -0.2) is 69.2 Å². The Bertz CT molecular complexity index is 821. The lowest BCUT2D eigenvalue weighted by atomic mass is 9.39. The van der Waals surface area contributed by atoms with Gasteiger partial charge in [-0.05, 0) is 13.8 Å². The Morgan fingerprint density at radius 3 is 1.28 bits per heavy atom. The van der Waals surface area contributed by atoms with E-state index < -0.39 is 69.6 Å². The topological polar surface area (TPSA) is 46.5 Å². The smallest absolute Gasteiger partial charge is 0.344 e. The molecule has 17 heteroatoms. The van der Waals surface area contributed by atoms with Gasteiger partial charge < -0.3 is 9.84 Å². The number of allylic oxidation sites excluding steroid dienone is 1. The molecule has 0 amide bonds. The molecule has 0 aromatic carbocycles. The van der Waals surface area contributed by atoms with Crippen LogP contribution in [-0.2, 0) is 9.53 Å². The van der Waals surface area contributed by atoms with Gasteiger partial charge in [-0.3, -0.25) is 0 Å². The van der Waals surface area contributed by atoms with Crippen molar-refractivity contribution in [3.05, 3.63) is 11.6 Å². The van der Waals surface area contributed by atoms with Crippen LogP contribution in [0.4, 0.5) is 61.5 Å². The molecule has 0 spiro atoms. The van der Waals surface area contributed by atoms with Gasteiger partial charge >= 0.3 is 58.4 Å². The Morgan fingerprint density at radius 2 is 0.969 bits per heavy atom. The Morgan fingerprint density at radius 1 is 0.625 bits per heavy atom. The summed E-state index contributed by atoms with van der Waals surface area (Å²) in [5.41, 5.74) is -30.1. The van der Waals surface area contributed by atoms with Gasteiger partial charge in [0.2, 0.25) is 0 Å². The third-order valence-electron chi connectivity index (χ3n) is 5.95. The van der Waals surface area contributed by atoms with Crippen molar-refractivity contribution in [1.29, 1.82) is 0 Å². The zero-order chi connectivity index (χ0) is 25.6. The van der Waals surface area contributed by atoms with E-state index >= 15 is 0 Å². The molecule has 1 N–H and O–H groups in total. The van der Waals surface area contributed by atoms with Crippen molar-refractivity contribution in [2.75, 3.05) is 0 Å². The Kier molecular flexibility index (Phi) is 4.11. The first-order chi connectivity index (χ1) is 13.8. The van der Waals surface area contributed by atoms with Crippen molar-refractivity contribution in [2.24, 2.45) is 0 Å². The van der Waals surface area contributed by atoms with Crippen molar-refractivity contribution in [2.45, 2.75) is 71.9 Å². The highest BCUT2D eigenvalue weighted by Crippen LogP contribution is 2.87. The maximum absolute atomic E-state index is 14.8.